The van der Waals surface area contributed by atoms with Gasteiger partial charge in [0.05, 0.1) is 5.69 Å². The van der Waals surface area contributed by atoms with Gasteiger partial charge < -0.3 is 9.80 Å². The summed E-state index contributed by atoms with van der Waals surface area (Å²) in [6.45, 7) is 1.96. The van der Waals surface area contributed by atoms with Crippen LogP contribution in [-0.4, -0.2) is 36.3 Å². The predicted molar refractivity (Wildman–Crippen MR) is 70.2 cm³/mol. The van der Waals surface area contributed by atoms with Crippen LogP contribution in [0.4, 0.5) is 18.9 Å². The molecule has 1 heterocycles. The third kappa shape index (κ3) is 3.17. The third-order valence-electron chi connectivity index (χ3n) is 3.32. The van der Waals surface area contributed by atoms with E-state index in [1.54, 1.807) is 0 Å². The van der Waals surface area contributed by atoms with Crippen molar-refractivity contribution in [1.82, 2.24) is 4.90 Å². The largest absolute Gasteiger partial charge is 0.332 e. The number of rotatable bonds is 3. The maximum absolute atomic E-state index is 13.7. The van der Waals surface area contributed by atoms with Gasteiger partial charge in [-0.1, -0.05) is 6.92 Å². The highest BCUT2D eigenvalue weighted by Gasteiger charge is 2.29. The lowest BCUT2D eigenvalue weighted by Crippen LogP contribution is -2.52. The van der Waals surface area contributed by atoms with Crippen LogP contribution in [-0.2, 0) is 9.59 Å². The topological polar surface area (TPSA) is 40.6 Å². The van der Waals surface area contributed by atoms with Crippen LogP contribution in [0.2, 0.25) is 0 Å². The Labute approximate surface area is 120 Å². The van der Waals surface area contributed by atoms with Crippen LogP contribution >= 0.6 is 0 Å². The van der Waals surface area contributed by atoms with Gasteiger partial charge in [0.15, 0.2) is 11.6 Å². The van der Waals surface area contributed by atoms with Crippen molar-refractivity contribution >= 4 is 17.5 Å². The lowest BCUT2D eigenvalue weighted by molar-refractivity contribution is -0.136. The molecule has 1 aromatic carbocycles. The van der Waals surface area contributed by atoms with Gasteiger partial charge in [0.25, 0.3) is 0 Å². The molecule has 4 nitrogen and oxygen atoms in total. The van der Waals surface area contributed by atoms with Crippen molar-refractivity contribution in [3.63, 3.8) is 0 Å². The van der Waals surface area contributed by atoms with E-state index in [9.17, 15) is 22.8 Å². The molecule has 21 heavy (non-hydrogen) atoms. The number of nitrogens with zero attached hydrogens (tertiary/aromatic N) is 2. The van der Waals surface area contributed by atoms with Crippen LogP contribution in [0.3, 0.4) is 0 Å². The first-order valence-corrected chi connectivity index (χ1v) is 6.66. The molecule has 0 aromatic heterocycles. The quantitative estimate of drug-likeness (QED) is 0.802. The fraction of sp³-hybridized carbons (Fsp3) is 0.429. The monoisotopic (exact) mass is 300 g/mol. The lowest BCUT2D eigenvalue weighted by Gasteiger charge is -2.34. The van der Waals surface area contributed by atoms with Crippen molar-refractivity contribution < 1.29 is 22.8 Å². The summed E-state index contributed by atoms with van der Waals surface area (Å²) in [5.74, 6) is -4.19. The molecular formula is C14H15F3N2O2. The minimum atomic E-state index is -1.31. The first-order valence-electron chi connectivity index (χ1n) is 6.66. The van der Waals surface area contributed by atoms with Gasteiger partial charge in [-0.3, -0.25) is 9.59 Å². The highest BCUT2D eigenvalue weighted by Crippen LogP contribution is 2.24. The van der Waals surface area contributed by atoms with Crippen molar-refractivity contribution in [2.45, 2.75) is 19.8 Å². The SMILES string of the molecule is CCCC(=O)N1CCN(c2cc(F)c(F)cc2F)C(=O)C1. The summed E-state index contributed by atoms with van der Waals surface area (Å²) < 4.78 is 39.8. The Morgan fingerprint density at radius 2 is 1.81 bits per heavy atom. The number of piperazine rings is 1. The number of carbonyl (C=O) groups excluding carboxylic acids is 2. The lowest BCUT2D eigenvalue weighted by atomic mass is 10.2. The number of amides is 2. The van der Waals surface area contributed by atoms with E-state index in [4.69, 9.17) is 0 Å². The molecule has 0 unspecified atom stereocenters. The summed E-state index contributed by atoms with van der Waals surface area (Å²) in [4.78, 5) is 26.2. The molecule has 0 spiro atoms. The summed E-state index contributed by atoms with van der Waals surface area (Å²) >= 11 is 0. The second kappa shape index (κ2) is 6.15. The van der Waals surface area contributed by atoms with Crippen LogP contribution in [0, 0.1) is 17.5 Å². The van der Waals surface area contributed by atoms with Gasteiger partial charge in [-0.05, 0) is 6.42 Å². The van der Waals surface area contributed by atoms with Crippen LogP contribution in [0.1, 0.15) is 19.8 Å². The van der Waals surface area contributed by atoms with Gasteiger partial charge in [0.1, 0.15) is 12.4 Å². The number of anilines is 1. The summed E-state index contributed by atoms with van der Waals surface area (Å²) in [6, 6.07) is 1.07. The Morgan fingerprint density at radius 1 is 1.14 bits per heavy atom. The minimum absolute atomic E-state index is 0.0519. The number of carbonyl (C=O) groups is 2. The third-order valence-corrected chi connectivity index (χ3v) is 3.32. The molecule has 0 bridgehead atoms. The molecule has 0 saturated carbocycles. The molecule has 1 fully saturated rings. The molecule has 1 aliphatic rings. The van der Waals surface area contributed by atoms with Gasteiger partial charge in [0.2, 0.25) is 11.8 Å². The van der Waals surface area contributed by atoms with Crippen molar-refractivity contribution in [2.24, 2.45) is 0 Å². The van der Waals surface area contributed by atoms with E-state index in [0.717, 1.165) is 4.90 Å². The standard InChI is InChI=1S/C14H15F3N2O2/c1-2-3-13(20)18-4-5-19(14(21)8-18)12-7-10(16)9(15)6-11(12)17/h6-7H,2-5,8H2,1H3. The molecular weight excluding hydrogens is 285 g/mol. The molecule has 2 rings (SSSR count). The maximum atomic E-state index is 13.7. The van der Waals surface area contributed by atoms with Crippen molar-refractivity contribution in [2.75, 3.05) is 24.5 Å². The zero-order valence-electron chi connectivity index (χ0n) is 11.5. The normalized spacial score (nSPS) is 15.5. The van der Waals surface area contributed by atoms with Crippen LogP contribution in [0.25, 0.3) is 0 Å². The van der Waals surface area contributed by atoms with Gasteiger partial charge in [0, 0.05) is 31.6 Å². The van der Waals surface area contributed by atoms with E-state index in [-0.39, 0.29) is 31.2 Å². The van der Waals surface area contributed by atoms with E-state index in [0.29, 0.717) is 25.0 Å². The van der Waals surface area contributed by atoms with Crippen molar-refractivity contribution in [3.05, 3.63) is 29.6 Å². The maximum Gasteiger partial charge on any atom is 0.246 e. The van der Waals surface area contributed by atoms with Crippen LogP contribution in [0.5, 0.6) is 0 Å². The van der Waals surface area contributed by atoms with E-state index in [2.05, 4.69) is 0 Å². The van der Waals surface area contributed by atoms with E-state index >= 15 is 0 Å². The predicted octanol–water partition coefficient (Wildman–Crippen LogP) is 2.08. The zero-order valence-corrected chi connectivity index (χ0v) is 11.5. The second-order valence-electron chi connectivity index (χ2n) is 4.83. The van der Waals surface area contributed by atoms with E-state index in [1.807, 2.05) is 6.92 Å². The summed E-state index contributed by atoms with van der Waals surface area (Å²) in [5, 5.41) is 0. The molecule has 2 amide bonds. The highest BCUT2D eigenvalue weighted by atomic mass is 19.2. The molecule has 7 heteroatoms. The molecule has 114 valence electrons. The average Bonchev–Trinajstić information content (AvgIpc) is 2.43. The fourth-order valence-electron chi connectivity index (χ4n) is 2.23. The van der Waals surface area contributed by atoms with Gasteiger partial charge in [-0.15, -0.1) is 0 Å². The number of hydrogen-bond donors (Lipinski definition) is 0. The average molecular weight is 300 g/mol. The van der Waals surface area contributed by atoms with Crippen LogP contribution in [0.15, 0.2) is 12.1 Å². The molecule has 1 aromatic rings. The van der Waals surface area contributed by atoms with E-state index in [1.165, 1.54) is 4.90 Å². The van der Waals surface area contributed by atoms with Gasteiger partial charge >= 0.3 is 0 Å². The Balaban J connectivity index is 2.16. The van der Waals surface area contributed by atoms with Crippen molar-refractivity contribution in [3.8, 4) is 0 Å². The van der Waals surface area contributed by atoms with Gasteiger partial charge in [-0.2, -0.15) is 0 Å². The summed E-state index contributed by atoms with van der Waals surface area (Å²) in [7, 11) is 0. The molecule has 1 saturated heterocycles. The zero-order chi connectivity index (χ0) is 15.6. The first kappa shape index (κ1) is 15.3. The molecule has 1 aliphatic heterocycles. The molecule has 0 radical (unpaired) electrons. The summed E-state index contributed by atoms with van der Waals surface area (Å²) in [6.07, 6.45) is 1.01. The first-order chi connectivity index (χ1) is 9.93. The fourth-order valence-corrected chi connectivity index (χ4v) is 2.23. The minimum Gasteiger partial charge on any atom is -0.332 e. The van der Waals surface area contributed by atoms with Crippen molar-refractivity contribution in [1.29, 1.82) is 0 Å². The smallest absolute Gasteiger partial charge is 0.246 e. The molecule has 0 aliphatic carbocycles. The molecule has 0 atom stereocenters. The Kier molecular flexibility index (Phi) is 4.50. The number of halogens is 3. The molecule has 0 N–H and O–H groups in total. The van der Waals surface area contributed by atoms with Crippen LogP contribution < -0.4 is 4.90 Å². The number of hydrogen-bond acceptors (Lipinski definition) is 2. The Morgan fingerprint density at radius 3 is 2.43 bits per heavy atom. The number of benzene rings is 1. The van der Waals surface area contributed by atoms with Gasteiger partial charge in [-0.25, -0.2) is 13.2 Å². The Bertz CT molecular complexity index is 578. The Hall–Kier alpha value is -2.05. The van der Waals surface area contributed by atoms with E-state index < -0.39 is 23.4 Å². The highest BCUT2D eigenvalue weighted by molar-refractivity contribution is 5.98. The second-order valence-corrected chi connectivity index (χ2v) is 4.83. The summed E-state index contributed by atoms with van der Waals surface area (Å²) in [5.41, 5.74) is -0.304.